The smallest absolute Gasteiger partial charge is 0.403 e. The van der Waals surface area contributed by atoms with E-state index in [9.17, 15) is 18.0 Å². The van der Waals surface area contributed by atoms with Crippen molar-refractivity contribution in [2.45, 2.75) is 121 Å². The molecule has 0 aliphatic carbocycles. The number of methoxy groups -OCH3 is 2. The molecule has 55 heavy (non-hydrogen) atoms. The molecule has 320 valence electrons. The van der Waals surface area contributed by atoms with Gasteiger partial charge in [-0.3, -0.25) is 10.1 Å². The van der Waals surface area contributed by atoms with E-state index < -0.39 is 24.2 Å². The van der Waals surface area contributed by atoms with Gasteiger partial charge in [-0.15, -0.1) is 0 Å². The molecule has 1 aromatic carbocycles. The van der Waals surface area contributed by atoms with Gasteiger partial charge in [0, 0.05) is 20.8 Å². The fourth-order valence-corrected chi connectivity index (χ4v) is 5.70. The fourth-order valence-electron chi connectivity index (χ4n) is 5.70. The molecule has 2 unspecified atom stereocenters. The van der Waals surface area contributed by atoms with Crippen molar-refractivity contribution in [2.24, 2.45) is 0 Å². The van der Waals surface area contributed by atoms with E-state index in [0.29, 0.717) is 83.8 Å². The van der Waals surface area contributed by atoms with Gasteiger partial charge in [0.15, 0.2) is 0 Å². The third-order valence-corrected chi connectivity index (χ3v) is 8.88. The van der Waals surface area contributed by atoms with Crippen molar-refractivity contribution in [1.82, 2.24) is 10.6 Å². The molecule has 0 fully saturated rings. The van der Waals surface area contributed by atoms with Crippen molar-refractivity contribution in [3.63, 3.8) is 0 Å². The molecule has 0 heterocycles. The molecule has 1 aromatic rings. The van der Waals surface area contributed by atoms with Gasteiger partial charge in [0.25, 0.3) is 0 Å². The Morgan fingerprint density at radius 1 is 0.655 bits per heavy atom. The molecule has 13 heteroatoms. The number of ether oxygens (including phenoxy) is 7. The summed E-state index contributed by atoms with van der Waals surface area (Å²) in [6, 6.07) is 4.12. The van der Waals surface area contributed by atoms with Crippen LogP contribution in [0.5, 0.6) is 5.75 Å². The monoisotopic (exact) mass is 791 g/mol. The molecule has 0 saturated carbocycles. The number of amides is 1. The topological polar surface area (TPSA) is 106 Å². The molecular weight excluding hydrogens is 717 g/mol. The lowest BCUT2D eigenvalue weighted by Crippen LogP contribution is -2.54. The Labute approximate surface area is 329 Å². The van der Waals surface area contributed by atoms with E-state index in [2.05, 4.69) is 29.7 Å². The predicted molar refractivity (Wildman–Crippen MR) is 212 cm³/mol. The Kier molecular flexibility index (Phi) is 33.3. The van der Waals surface area contributed by atoms with Crippen LogP contribution in [0.2, 0.25) is 0 Å². The van der Waals surface area contributed by atoms with Gasteiger partial charge in [-0.25, -0.2) is 0 Å². The van der Waals surface area contributed by atoms with E-state index in [0.717, 1.165) is 51.4 Å². The molecule has 0 aromatic heterocycles. The van der Waals surface area contributed by atoms with Gasteiger partial charge in [-0.05, 0) is 56.2 Å². The van der Waals surface area contributed by atoms with Gasteiger partial charge in [0.2, 0.25) is 5.91 Å². The Balaban J connectivity index is 2.60. The van der Waals surface area contributed by atoms with E-state index in [1.807, 2.05) is 0 Å². The lowest BCUT2D eigenvalue weighted by Gasteiger charge is -2.27. The lowest BCUT2D eigenvalue weighted by atomic mass is 10.0. The van der Waals surface area contributed by atoms with Crippen molar-refractivity contribution in [3.05, 3.63) is 42.0 Å². The van der Waals surface area contributed by atoms with E-state index in [1.165, 1.54) is 25.7 Å². The minimum Gasteiger partial charge on any atom is -0.491 e. The van der Waals surface area contributed by atoms with Gasteiger partial charge in [-0.2, -0.15) is 13.2 Å². The third-order valence-electron chi connectivity index (χ3n) is 8.88. The lowest BCUT2D eigenvalue weighted by molar-refractivity contribution is -0.160. The van der Waals surface area contributed by atoms with E-state index >= 15 is 0 Å². The van der Waals surface area contributed by atoms with Gasteiger partial charge in [0.05, 0.1) is 72.1 Å². The first-order valence-electron chi connectivity index (χ1n) is 20.6. The molecule has 0 saturated heterocycles. The Hall–Kier alpha value is -2.26. The second kappa shape index (κ2) is 36.1. The Morgan fingerprint density at radius 3 is 1.69 bits per heavy atom. The zero-order chi connectivity index (χ0) is 40.1. The summed E-state index contributed by atoms with van der Waals surface area (Å²) in [4.78, 5) is 13.3. The van der Waals surface area contributed by atoms with Crippen molar-refractivity contribution in [2.75, 3.05) is 93.4 Å². The third kappa shape index (κ3) is 30.5. The summed E-state index contributed by atoms with van der Waals surface area (Å²) >= 11 is 0. The van der Waals surface area contributed by atoms with Crippen molar-refractivity contribution in [1.29, 1.82) is 0 Å². The number of hydrogen-bond acceptors (Lipinski definition) is 9. The minimum absolute atomic E-state index is 0.0765. The standard InChI is InChI=1S/C42H73F3N2O8/c1-4-5-6-7-8-9-10-11-12-13-14-15-16-17-18-19-40(42(43,44)45)47-39(41(48)46-24-25-51-30-31-52-28-26-49-2)36-37-20-22-38(23-21-37)55-35-34-54-33-32-53-29-27-50-3/h9-10,20-23,39-40,47H,4-8,11-19,24-36H2,1-3H3,(H,46,48)/b10-9-. The highest BCUT2D eigenvalue weighted by molar-refractivity contribution is 5.82. The number of unbranched alkanes of at least 4 members (excludes halogenated alkanes) is 11. The van der Waals surface area contributed by atoms with E-state index in [4.69, 9.17) is 33.2 Å². The first kappa shape index (κ1) is 50.8. The number of nitrogens with one attached hydrogen (secondary N) is 2. The van der Waals surface area contributed by atoms with Gasteiger partial charge >= 0.3 is 6.18 Å². The Bertz CT molecular complexity index is 1030. The number of allylic oxidation sites excluding steroid dienone is 2. The minimum atomic E-state index is -4.50. The number of carbonyl (C=O) groups is 1. The molecular formula is C42H73F3N2O8. The number of rotatable bonds is 39. The molecule has 0 aliphatic rings. The molecule has 0 spiro atoms. The van der Waals surface area contributed by atoms with Crippen molar-refractivity contribution < 1.29 is 51.1 Å². The summed E-state index contributed by atoms with van der Waals surface area (Å²) in [7, 11) is 3.21. The largest absolute Gasteiger partial charge is 0.491 e. The second-order valence-electron chi connectivity index (χ2n) is 13.6. The molecule has 0 aliphatic heterocycles. The normalized spacial score (nSPS) is 13.1. The highest BCUT2D eigenvalue weighted by Crippen LogP contribution is 2.26. The summed E-state index contributed by atoms with van der Waals surface area (Å²) in [5, 5.41) is 5.43. The molecule has 2 atom stereocenters. The SMILES string of the molecule is CCCCCC/C=C\CCCCCCCCCC(NC(Cc1ccc(OCCOCCOCCOC)cc1)C(=O)NCCOCCOCCOC)C(F)(F)F. The first-order valence-corrected chi connectivity index (χ1v) is 20.6. The van der Waals surface area contributed by atoms with Crippen LogP contribution in [0.1, 0.15) is 102 Å². The molecule has 1 rings (SSSR count). The van der Waals surface area contributed by atoms with E-state index in [-0.39, 0.29) is 26.0 Å². The van der Waals surface area contributed by atoms with Gasteiger partial charge < -0.3 is 38.5 Å². The number of alkyl halides is 3. The zero-order valence-corrected chi connectivity index (χ0v) is 34.1. The van der Waals surface area contributed by atoms with Crippen LogP contribution in [0.25, 0.3) is 0 Å². The van der Waals surface area contributed by atoms with Gasteiger partial charge in [0.1, 0.15) is 18.4 Å². The summed E-state index contributed by atoms with van der Waals surface area (Å²) < 4.78 is 80.2. The average Bonchev–Trinajstić information content (AvgIpc) is 3.17. The van der Waals surface area contributed by atoms with Crippen LogP contribution in [0.3, 0.4) is 0 Å². The summed E-state index contributed by atoms with van der Waals surface area (Å²) in [6.07, 6.45) is 13.9. The highest BCUT2D eigenvalue weighted by Gasteiger charge is 2.41. The quantitative estimate of drug-likeness (QED) is 0.0507. The molecule has 0 radical (unpaired) electrons. The fraction of sp³-hybridized carbons (Fsp3) is 0.786. The number of benzene rings is 1. The van der Waals surface area contributed by atoms with Crippen LogP contribution in [-0.2, 0) is 39.6 Å². The van der Waals surface area contributed by atoms with Crippen molar-refractivity contribution >= 4 is 5.91 Å². The molecule has 2 N–H and O–H groups in total. The van der Waals surface area contributed by atoms with Crippen LogP contribution in [0.4, 0.5) is 13.2 Å². The summed E-state index contributed by atoms with van der Waals surface area (Å²) in [6.45, 7) is 6.89. The van der Waals surface area contributed by atoms with Crippen LogP contribution in [0.15, 0.2) is 36.4 Å². The van der Waals surface area contributed by atoms with Crippen LogP contribution < -0.4 is 15.4 Å². The molecule has 0 bridgehead atoms. The van der Waals surface area contributed by atoms with E-state index in [1.54, 1.807) is 38.5 Å². The highest BCUT2D eigenvalue weighted by atomic mass is 19.4. The predicted octanol–water partition coefficient (Wildman–Crippen LogP) is 8.01. The second-order valence-corrected chi connectivity index (χ2v) is 13.6. The summed E-state index contributed by atoms with van der Waals surface area (Å²) in [5.74, 6) is 0.0865. The van der Waals surface area contributed by atoms with Gasteiger partial charge in [-0.1, -0.05) is 89.0 Å². The van der Waals surface area contributed by atoms with Crippen molar-refractivity contribution in [3.8, 4) is 5.75 Å². The maximum absolute atomic E-state index is 14.3. The first-order chi connectivity index (χ1) is 26.8. The summed E-state index contributed by atoms with van der Waals surface area (Å²) in [5.41, 5.74) is 0.706. The average molecular weight is 791 g/mol. The molecule has 1 amide bonds. The molecule has 10 nitrogen and oxygen atoms in total. The number of carbonyl (C=O) groups excluding carboxylic acids is 1. The van der Waals surface area contributed by atoms with Crippen LogP contribution in [0, 0.1) is 0 Å². The van der Waals surface area contributed by atoms with Crippen LogP contribution >= 0.6 is 0 Å². The maximum atomic E-state index is 14.3. The van der Waals surface area contributed by atoms with Crippen LogP contribution in [-0.4, -0.2) is 118 Å². The number of halogens is 3. The Morgan fingerprint density at radius 2 is 1.15 bits per heavy atom. The zero-order valence-electron chi connectivity index (χ0n) is 34.1. The number of hydrogen-bond donors (Lipinski definition) is 2. The maximum Gasteiger partial charge on any atom is 0.403 e.